The molecule has 1 fully saturated rings. The second-order valence-electron chi connectivity index (χ2n) is 7.31. The Morgan fingerprint density at radius 1 is 0.857 bits per heavy atom. The molecule has 2 aliphatic heterocycles. The molecule has 1 saturated heterocycles. The number of imide groups is 1. The van der Waals surface area contributed by atoms with E-state index in [1.54, 1.807) is 18.2 Å². The zero-order valence-corrected chi connectivity index (χ0v) is 15.7. The van der Waals surface area contributed by atoms with Crippen molar-refractivity contribution in [1.82, 2.24) is 0 Å². The van der Waals surface area contributed by atoms with Crippen LogP contribution < -0.4 is 9.80 Å². The molecule has 0 saturated carbocycles. The smallest absolute Gasteiger partial charge is 0.263 e. The van der Waals surface area contributed by atoms with Gasteiger partial charge in [-0.2, -0.15) is 0 Å². The Bertz CT molecular complexity index is 910. The lowest BCUT2D eigenvalue weighted by Gasteiger charge is -2.36. The van der Waals surface area contributed by atoms with Crippen molar-refractivity contribution in [3.63, 3.8) is 0 Å². The fraction of sp³-hybridized carbons (Fsp3) is 0.304. The second-order valence-corrected chi connectivity index (χ2v) is 7.31. The number of para-hydroxylation sites is 1. The van der Waals surface area contributed by atoms with E-state index in [0.29, 0.717) is 11.3 Å². The van der Waals surface area contributed by atoms with Crippen LogP contribution in [0.5, 0.6) is 0 Å². The maximum absolute atomic E-state index is 13.9. The van der Waals surface area contributed by atoms with Gasteiger partial charge in [0.15, 0.2) is 0 Å². The first-order valence-corrected chi connectivity index (χ1v) is 9.82. The fourth-order valence-electron chi connectivity index (χ4n) is 4.12. The third kappa shape index (κ3) is 3.57. The Hall–Kier alpha value is -2.95. The summed E-state index contributed by atoms with van der Waals surface area (Å²) in [6.07, 6.45) is 6.40. The molecule has 2 aliphatic rings. The van der Waals surface area contributed by atoms with E-state index in [-0.39, 0.29) is 23.7 Å². The van der Waals surface area contributed by atoms with Crippen LogP contribution in [-0.4, -0.2) is 24.4 Å². The van der Waals surface area contributed by atoms with Crippen molar-refractivity contribution in [2.45, 2.75) is 38.1 Å². The molecule has 2 heterocycles. The number of halogens is 1. The quantitative estimate of drug-likeness (QED) is 0.740. The van der Waals surface area contributed by atoms with Crippen LogP contribution >= 0.6 is 0 Å². The molecule has 0 bridgehead atoms. The molecule has 0 aromatic heterocycles. The molecule has 1 unspecified atom stereocenters. The summed E-state index contributed by atoms with van der Waals surface area (Å²) < 4.78 is 13.9. The average Bonchev–Trinajstić information content (AvgIpc) is 2.96. The van der Waals surface area contributed by atoms with Gasteiger partial charge in [-0.05, 0) is 43.2 Å². The van der Waals surface area contributed by atoms with Crippen LogP contribution in [0.4, 0.5) is 15.8 Å². The summed E-state index contributed by atoms with van der Waals surface area (Å²) in [4.78, 5) is 29.2. The van der Waals surface area contributed by atoms with Gasteiger partial charge in [0, 0.05) is 23.9 Å². The van der Waals surface area contributed by atoms with Crippen molar-refractivity contribution >= 4 is 23.2 Å². The van der Waals surface area contributed by atoms with E-state index < -0.39 is 0 Å². The average molecular weight is 378 g/mol. The first kappa shape index (κ1) is 18.4. The third-order valence-electron chi connectivity index (χ3n) is 5.47. The van der Waals surface area contributed by atoms with E-state index in [1.807, 2.05) is 24.3 Å². The first-order chi connectivity index (χ1) is 13.6. The lowest BCUT2D eigenvalue weighted by atomic mass is 9.95. The lowest BCUT2D eigenvalue weighted by Crippen LogP contribution is -2.42. The lowest BCUT2D eigenvalue weighted by molar-refractivity contribution is -0.120. The van der Waals surface area contributed by atoms with E-state index in [0.717, 1.165) is 44.3 Å². The second kappa shape index (κ2) is 7.97. The standard InChI is InChI=1S/C23H23FN2O2/c24-17-9-8-12-19(15-17)25-14-7-2-1-6-13-21(25)20-16-22(27)26(23(20)28)18-10-4-3-5-11-18/h3-5,8-12,15-16,21H,1-2,6-7,13-14H2. The minimum Gasteiger partial charge on any atom is -0.364 e. The number of hydrogen-bond acceptors (Lipinski definition) is 3. The summed E-state index contributed by atoms with van der Waals surface area (Å²) in [5.41, 5.74) is 1.83. The molecule has 0 spiro atoms. The Labute approximate surface area is 164 Å². The molecule has 28 heavy (non-hydrogen) atoms. The van der Waals surface area contributed by atoms with Gasteiger partial charge < -0.3 is 4.90 Å². The molecule has 2 amide bonds. The summed E-state index contributed by atoms with van der Waals surface area (Å²) in [5.74, 6) is -0.886. The number of nitrogens with zero attached hydrogens (tertiary/aromatic N) is 2. The molecule has 0 N–H and O–H groups in total. The van der Waals surface area contributed by atoms with Crippen LogP contribution in [-0.2, 0) is 9.59 Å². The number of hydrogen-bond donors (Lipinski definition) is 0. The fourth-order valence-corrected chi connectivity index (χ4v) is 4.12. The number of amides is 2. The summed E-state index contributed by atoms with van der Waals surface area (Å²) in [6.45, 7) is 0.734. The zero-order valence-electron chi connectivity index (χ0n) is 15.7. The largest absolute Gasteiger partial charge is 0.364 e. The molecular weight excluding hydrogens is 355 g/mol. The SMILES string of the molecule is O=C1C=C(C2CCCCCCN2c2cccc(F)c2)C(=O)N1c1ccccc1. The Balaban J connectivity index is 1.68. The molecule has 5 heteroatoms. The highest BCUT2D eigenvalue weighted by atomic mass is 19.1. The van der Waals surface area contributed by atoms with Gasteiger partial charge in [0.25, 0.3) is 11.8 Å². The minimum absolute atomic E-state index is 0.229. The highest BCUT2D eigenvalue weighted by molar-refractivity contribution is 6.31. The van der Waals surface area contributed by atoms with Crippen LogP contribution in [0.15, 0.2) is 66.2 Å². The van der Waals surface area contributed by atoms with Crippen LogP contribution in [0, 0.1) is 5.82 Å². The zero-order chi connectivity index (χ0) is 19.5. The molecule has 1 atom stereocenters. The Morgan fingerprint density at radius 3 is 2.39 bits per heavy atom. The van der Waals surface area contributed by atoms with Crippen LogP contribution in [0.25, 0.3) is 0 Å². The van der Waals surface area contributed by atoms with Crippen molar-refractivity contribution in [2.75, 3.05) is 16.3 Å². The number of benzene rings is 2. The van der Waals surface area contributed by atoms with E-state index in [4.69, 9.17) is 0 Å². The normalized spacial score (nSPS) is 20.8. The maximum Gasteiger partial charge on any atom is 0.263 e. The Kier molecular flexibility index (Phi) is 5.24. The number of carbonyl (C=O) groups is 2. The minimum atomic E-state index is -0.313. The van der Waals surface area contributed by atoms with Gasteiger partial charge in [0.05, 0.1) is 11.7 Å². The molecule has 4 nitrogen and oxygen atoms in total. The predicted molar refractivity (Wildman–Crippen MR) is 108 cm³/mol. The van der Waals surface area contributed by atoms with E-state index >= 15 is 0 Å². The molecule has 0 radical (unpaired) electrons. The van der Waals surface area contributed by atoms with Crippen molar-refractivity contribution in [3.05, 3.63) is 72.1 Å². The van der Waals surface area contributed by atoms with Crippen molar-refractivity contribution in [3.8, 4) is 0 Å². The number of anilines is 2. The van der Waals surface area contributed by atoms with Gasteiger partial charge in [0.2, 0.25) is 0 Å². The van der Waals surface area contributed by atoms with Crippen LogP contribution in [0.3, 0.4) is 0 Å². The molecule has 2 aromatic carbocycles. The summed E-state index contributed by atoms with van der Waals surface area (Å²) in [7, 11) is 0. The van der Waals surface area contributed by atoms with Gasteiger partial charge in [-0.15, -0.1) is 0 Å². The van der Waals surface area contributed by atoms with Gasteiger partial charge in [-0.25, -0.2) is 9.29 Å². The predicted octanol–water partition coefficient (Wildman–Crippen LogP) is 4.46. The van der Waals surface area contributed by atoms with Gasteiger partial charge in [0.1, 0.15) is 5.82 Å². The summed E-state index contributed by atoms with van der Waals surface area (Å²) in [6, 6.07) is 15.2. The third-order valence-corrected chi connectivity index (χ3v) is 5.47. The number of rotatable bonds is 3. The summed E-state index contributed by atoms with van der Waals surface area (Å²) >= 11 is 0. The molecular formula is C23H23FN2O2. The first-order valence-electron chi connectivity index (χ1n) is 9.82. The van der Waals surface area contributed by atoms with E-state index in [9.17, 15) is 14.0 Å². The van der Waals surface area contributed by atoms with Crippen molar-refractivity contribution < 1.29 is 14.0 Å². The van der Waals surface area contributed by atoms with Gasteiger partial charge in [-0.1, -0.05) is 43.5 Å². The number of carbonyl (C=O) groups excluding carboxylic acids is 2. The molecule has 0 aliphatic carbocycles. The van der Waals surface area contributed by atoms with Crippen LogP contribution in [0.2, 0.25) is 0 Å². The molecule has 4 rings (SSSR count). The Morgan fingerprint density at radius 2 is 1.61 bits per heavy atom. The van der Waals surface area contributed by atoms with Gasteiger partial charge >= 0.3 is 0 Å². The molecule has 2 aromatic rings. The topological polar surface area (TPSA) is 40.6 Å². The van der Waals surface area contributed by atoms with E-state index in [1.165, 1.54) is 23.1 Å². The van der Waals surface area contributed by atoms with Crippen LogP contribution in [0.1, 0.15) is 32.1 Å². The maximum atomic E-state index is 13.9. The van der Waals surface area contributed by atoms with Crippen molar-refractivity contribution in [1.29, 1.82) is 0 Å². The van der Waals surface area contributed by atoms with Gasteiger partial charge in [-0.3, -0.25) is 9.59 Å². The molecule has 144 valence electrons. The van der Waals surface area contributed by atoms with E-state index in [2.05, 4.69) is 4.90 Å². The monoisotopic (exact) mass is 378 g/mol. The highest BCUT2D eigenvalue weighted by Gasteiger charge is 2.38. The summed E-state index contributed by atoms with van der Waals surface area (Å²) in [5, 5.41) is 0. The van der Waals surface area contributed by atoms with Crippen molar-refractivity contribution in [2.24, 2.45) is 0 Å². The highest BCUT2D eigenvalue weighted by Crippen LogP contribution is 2.32.